The molecule has 0 bridgehead atoms. The molecule has 0 saturated carbocycles. The summed E-state index contributed by atoms with van der Waals surface area (Å²) in [7, 11) is -2.71. The molecule has 0 radical (unpaired) electrons. The van der Waals surface area contributed by atoms with Crippen LogP contribution in [0.25, 0.3) is 0 Å². The van der Waals surface area contributed by atoms with E-state index in [1.54, 1.807) is 17.0 Å². The number of nitro groups is 1. The van der Waals surface area contributed by atoms with Gasteiger partial charge in [0.2, 0.25) is 15.9 Å². The number of hydrogen-bond acceptors (Lipinski definition) is 7. The van der Waals surface area contributed by atoms with Crippen molar-refractivity contribution in [1.29, 1.82) is 0 Å². The Labute approximate surface area is 190 Å². The van der Waals surface area contributed by atoms with Gasteiger partial charge in [0, 0.05) is 38.7 Å². The molecule has 2 aromatic carbocycles. The molecule has 1 aliphatic rings. The van der Waals surface area contributed by atoms with E-state index in [1.807, 2.05) is 0 Å². The zero-order chi connectivity index (χ0) is 24.0. The highest BCUT2D eigenvalue weighted by atomic mass is 32.2. The maximum atomic E-state index is 13.5. The summed E-state index contributed by atoms with van der Waals surface area (Å²) in [5.41, 5.74) is -0.440. The number of sulfonamides is 1. The molecule has 1 saturated heterocycles. The van der Waals surface area contributed by atoms with Crippen LogP contribution in [-0.4, -0.2) is 68.3 Å². The molecule has 0 atom stereocenters. The van der Waals surface area contributed by atoms with Crippen molar-refractivity contribution in [2.75, 3.05) is 39.9 Å². The van der Waals surface area contributed by atoms with E-state index < -0.39 is 26.5 Å². The van der Waals surface area contributed by atoms with E-state index in [-0.39, 0.29) is 61.5 Å². The second-order valence-electron chi connectivity index (χ2n) is 7.26. The molecule has 0 unspecified atom stereocenters. The van der Waals surface area contributed by atoms with Gasteiger partial charge in [-0.1, -0.05) is 12.1 Å². The van der Waals surface area contributed by atoms with Gasteiger partial charge in [0.1, 0.15) is 0 Å². The molecule has 0 N–H and O–H groups in total. The maximum absolute atomic E-state index is 13.5. The molecule has 1 heterocycles. The van der Waals surface area contributed by atoms with Gasteiger partial charge in [-0.15, -0.1) is 0 Å². The van der Waals surface area contributed by atoms with Crippen LogP contribution in [0.2, 0.25) is 0 Å². The van der Waals surface area contributed by atoms with Gasteiger partial charge in [-0.2, -0.15) is 4.31 Å². The number of carbonyl (C=O) groups is 1. The minimum absolute atomic E-state index is 0.0339. The molecule has 0 aliphatic carbocycles. The molecule has 12 heteroatoms. The van der Waals surface area contributed by atoms with Gasteiger partial charge in [-0.3, -0.25) is 14.9 Å². The minimum Gasteiger partial charge on any atom is -0.491 e. The number of hydrogen-bond donors (Lipinski definition) is 0. The average molecular weight is 482 g/mol. The number of benzene rings is 2. The normalized spacial score (nSPS) is 14.7. The Kier molecular flexibility index (Phi) is 7.82. The Morgan fingerprint density at radius 2 is 1.82 bits per heavy atom. The first-order chi connectivity index (χ1) is 15.7. The molecular weight excluding hydrogens is 457 g/mol. The zero-order valence-electron chi connectivity index (χ0n) is 18.0. The number of piperazine rings is 1. The fraction of sp³-hybridized carbons (Fsp3) is 0.381. The van der Waals surface area contributed by atoms with Crippen molar-refractivity contribution in [3.8, 4) is 11.5 Å². The summed E-state index contributed by atoms with van der Waals surface area (Å²) in [6, 6.07) is 9.48. The molecule has 2 aromatic rings. The van der Waals surface area contributed by atoms with Crippen LogP contribution in [0.3, 0.4) is 0 Å². The van der Waals surface area contributed by atoms with Crippen LogP contribution in [0, 0.1) is 15.9 Å². The monoisotopic (exact) mass is 481 g/mol. The van der Waals surface area contributed by atoms with Crippen molar-refractivity contribution < 1.29 is 32.0 Å². The highest BCUT2D eigenvalue weighted by molar-refractivity contribution is 7.89. The molecule has 0 spiro atoms. The van der Waals surface area contributed by atoms with Crippen LogP contribution in [0.4, 0.5) is 10.1 Å². The molecular formula is C21H24FN3O7S. The van der Waals surface area contributed by atoms with Crippen LogP contribution in [0.1, 0.15) is 12.8 Å². The van der Waals surface area contributed by atoms with E-state index in [0.29, 0.717) is 6.42 Å². The first kappa shape index (κ1) is 24.4. The Balaban J connectivity index is 1.52. The van der Waals surface area contributed by atoms with Crippen molar-refractivity contribution in [3.63, 3.8) is 0 Å². The molecule has 1 fully saturated rings. The quantitative estimate of drug-likeness (QED) is 0.307. The van der Waals surface area contributed by atoms with Crippen molar-refractivity contribution in [1.82, 2.24) is 9.21 Å². The van der Waals surface area contributed by atoms with E-state index in [1.165, 1.54) is 35.7 Å². The summed E-state index contributed by atoms with van der Waals surface area (Å²) in [6.07, 6.45) is 0.576. The summed E-state index contributed by atoms with van der Waals surface area (Å²) >= 11 is 0. The molecule has 1 amide bonds. The fourth-order valence-electron chi connectivity index (χ4n) is 3.43. The predicted molar refractivity (Wildman–Crippen MR) is 116 cm³/mol. The van der Waals surface area contributed by atoms with E-state index in [9.17, 15) is 27.7 Å². The van der Waals surface area contributed by atoms with Crippen LogP contribution < -0.4 is 9.47 Å². The third-order valence-electron chi connectivity index (χ3n) is 5.21. The van der Waals surface area contributed by atoms with Gasteiger partial charge in [0.15, 0.2) is 17.3 Å². The third kappa shape index (κ3) is 5.76. The first-order valence-corrected chi connectivity index (χ1v) is 11.7. The van der Waals surface area contributed by atoms with Crippen molar-refractivity contribution in [3.05, 3.63) is 58.4 Å². The summed E-state index contributed by atoms with van der Waals surface area (Å²) in [6.45, 7) is 0.714. The molecule has 3 rings (SSSR count). The number of methoxy groups -OCH3 is 1. The Bertz CT molecular complexity index is 1120. The number of para-hydroxylation sites is 1. The van der Waals surface area contributed by atoms with Crippen molar-refractivity contribution in [2.24, 2.45) is 0 Å². The number of amides is 1. The van der Waals surface area contributed by atoms with E-state index >= 15 is 0 Å². The molecule has 10 nitrogen and oxygen atoms in total. The number of carbonyl (C=O) groups excluding carboxylic acids is 1. The summed E-state index contributed by atoms with van der Waals surface area (Å²) < 4.78 is 50.8. The summed E-state index contributed by atoms with van der Waals surface area (Å²) in [4.78, 5) is 24.3. The molecule has 1 aliphatic heterocycles. The Hall–Kier alpha value is -3.25. The topological polar surface area (TPSA) is 119 Å². The number of nitro benzene ring substituents is 1. The number of halogens is 1. The van der Waals surface area contributed by atoms with E-state index in [4.69, 9.17) is 9.47 Å². The maximum Gasteiger partial charge on any atom is 0.312 e. The molecule has 178 valence electrons. The SMILES string of the molecule is COc1ccc(S(=O)(=O)N2CCN(C(=O)CCCOc3ccccc3F)CC2)cc1[N+](=O)[O-]. The summed E-state index contributed by atoms with van der Waals surface area (Å²) in [5.74, 6) is -0.525. The number of ether oxygens (including phenoxy) is 2. The Morgan fingerprint density at radius 1 is 1.12 bits per heavy atom. The second kappa shape index (κ2) is 10.6. The van der Waals surface area contributed by atoms with E-state index in [2.05, 4.69) is 0 Å². The lowest BCUT2D eigenvalue weighted by atomic mass is 10.2. The third-order valence-corrected chi connectivity index (χ3v) is 7.10. The second-order valence-corrected chi connectivity index (χ2v) is 9.20. The highest BCUT2D eigenvalue weighted by Gasteiger charge is 2.31. The minimum atomic E-state index is -3.97. The molecule has 33 heavy (non-hydrogen) atoms. The largest absolute Gasteiger partial charge is 0.491 e. The lowest BCUT2D eigenvalue weighted by Gasteiger charge is -2.34. The lowest BCUT2D eigenvalue weighted by molar-refractivity contribution is -0.386. The van der Waals surface area contributed by atoms with Crippen molar-refractivity contribution in [2.45, 2.75) is 17.7 Å². The van der Waals surface area contributed by atoms with Gasteiger partial charge in [-0.05, 0) is 30.7 Å². The van der Waals surface area contributed by atoms with Gasteiger partial charge in [0.25, 0.3) is 0 Å². The Morgan fingerprint density at radius 3 is 2.45 bits per heavy atom. The fourth-order valence-corrected chi connectivity index (χ4v) is 4.87. The number of rotatable bonds is 9. The van der Waals surface area contributed by atoms with Crippen LogP contribution >= 0.6 is 0 Å². The first-order valence-electron chi connectivity index (χ1n) is 10.2. The smallest absolute Gasteiger partial charge is 0.312 e. The molecule has 0 aromatic heterocycles. The lowest BCUT2D eigenvalue weighted by Crippen LogP contribution is -2.50. The average Bonchev–Trinajstić information content (AvgIpc) is 2.82. The number of nitrogens with zero attached hydrogens (tertiary/aromatic N) is 3. The van der Waals surface area contributed by atoms with Crippen LogP contribution in [-0.2, 0) is 14.8 Å². The van der Waals surface area contributed by atoms with Crippen LogP contribution in [0.5, 0.6) is 11.5 Å². The summed E-state index contributed by atoms with van der Waals surface area (Å²) in [5, 5.41) is 11.2. The predicted octanol–water partition coefficient (Wildman–Crippen LogP) is 2.43. The zero-order valence-corrected chi connectivity index (χ0v) is 18.8. The van der Waals surface area contributed by atoms with Gasteiger partial charge >= 0.3 is 5.69 Å². The standard InChI is InChI=1S/C21H24FN3O7S/c1-31-20-9-8-16(15-18(20)25(27)28)33(29,30)24-12-10-23(11-13-24)21(26)7-4-14-32-19-6-3-2-5-17(19)22/h2-3,5-6,8-9,15H,4,7,10-14H2,1H3. The highest BCUT2D eigenvalue weighted by Crippen LogP contribution is 2.30. The van der Waals surface area contributed by atoms with E-state index in [0.717, 1.165) is 6.07 Å². The van der Waals surface area contributed by atoms with Crippen molar-refractivity contribution >= 4 is 21.6 Å². The van der Waals surface area contributed by atoms with Gasteiger partial charge in [0.05, 0.1) is 23.5 Å². The van der Waals surface area contributed by atoms with Gasteiger partial charge in [-0.25, -0.2) is 12.8 Å². The van der Waals surface area contributed by atoms with Gasteiger partial charge < -0.3 is 14.4 Å². The van der Waals surface area contributed by atoms with Crippen LogP contribution in [0.15, 0.2) is 47.4 Å².